The van der Waals surface area contributed by atoms with Gasteiger partial charge in [-0.15, -0.1) is 0 Å². The third-order valence-corrected chi connectivity index (χ3v) is 4.15. The van der Waals surface area contributed by atoms with Crippen LogP contribution in [0, 0.1) is 5.82 Å². The smallest absolute Gasteiger partial charge is 0.328 e. The van der Waals surface area contributed by atoms with Crippen molar-refractivity contribution < 1.29 is 18.7 Å². The highest BCUT2D eigenvalue weighted by molar-refractivity contribution is 5.78. The molecule has 0 bridgehead atoms. The summed E-state index contributed by atoms with van der Waals surface area (Å²) in [6.45, 7) is 4.40. The second kappa shape index (κ2) is 8.22. The average molecular weight is 347 g/mol. The number of benzene rings is 1. The lowest BCUT2D eigenvalue weighted by Gasteiger charge is -2.33. The molecule has 3 rings (SSSR count). The lowest BCUT2D eigenvalue weighted by Crippen LogP contribution is -2.43. The Bertz CT molecular complexity index is 687. The predicted octanol–water partition coefficient (Wildman–Crippen LogP) is 2.03. The second-order valence-electron chi connectivity index (χ2n) is 6.05. The molecule has 1 fully saturated rings. The molecule has 1 aliphatic rings. The number of ether oxygens (including phenoxy) is 2. The molecule has 2 atom stereocenters. The van der Waals surface area contributed by atoms with Crippen molar-refractivity contribution >= 4 is 5.97 Å². The van der Waals surface area contributed by atoms with E-state index in [2.05, 4.69) is 5.10 Å². The fourth-order valence-corrected chi connectivity index (χ4v) is 2.98. The first-order chi connectivity index (χ1) is 12.1. The summed E-state index contributed by atoms with van der Waals surface area (Å²) in [6.07, 6.45) is 3.10. The number of morpholine rings is 1. The molecule has 1 saturated heterocycles. The Hall–Kier alpha value is -2.25. The molecule has 2 heterocycles. The van der Waals surface area contributed by atoms with Crippen LogP contribution in [0.15, 0.2) is 42.7 Å². The maximum atomic E-state index is 14.3. The summed E-state index contributed by atoms with van der Waals surface area (Å²) in [7, 11) is 0. The molecular formula is C18H22FN3O3. The monoisotopic (exact) mass is 347 g/mol. The van der Waals surface area contributed by atoms with Crippen molar-refractivity contribution in [3.63, 3.8) is 0 Å². The molecule has 2 aromatic rings. The summed E-state index contributed by atoms with van der Waals surface area (Å²) in [5.41, 5.74) is 0.334. The fraction of sp³-hybridized carbons (Fsp3) is 0.444. The van der Waals surface area contributed by atoms with Gasteiger partial charge < -0.3 is 9.47 Å². The molecule has 1 aliphatic heterocycles. The molecule has 0 spiro atoms. The zero-order valence-electron chi connectivity index (χ0n) is 14.2. The van der Waals surface area contributed by atoms with E-state index in [-0.39, 0.29) is 6.10 Å². The molecule has 6 nitrogen and oxygen atoms in total. The summed E-state index contributed by atoms with van der Waals surface area (Å²) in [5.74, 6) is -0.859. The van der Waals surface area contributed by atoms with Crippen LogP contribution in [-0.4, -0.2) is 53.1 Å². The summed E-state index contributed by atoms with van der Waals surface area (Å²) in [6, 6.07) is 7.38. The molecule has 0 aliphatic carbocycles. The van der Waals surface area contributed by atoms with Gasteiger partial charge in [0.25, 0.3) is 0 Å². The van der Waals surface area contributed by atoms with Gasteiger partial charge in [0, 0.05) is 31.0 Å². The summed E-state index contributed by atoms with van der Waals surface area (Å²) in [4.78, 5) is 14.7. The van der Waals surface area contributed by atoms with Crippen LogP contribution >= 0.6 is 0 Å². The van der Waals surface area contributed by atoms with E-state index in [9.17, 15) is 9.18 Å². The van der Waals surface area contributed by atoms with Gasteiger partial charge in [0.05, 0.1) is 19.8 Å². The third-order valence-electron chi connectivity index (χ3n) is 4.15. The third kappa shape index (κ3) is 4.43. The average Bonchev–Trinajstić information content (AvgIpc) is 3.10. The van der Waals surface area contributed by atoms with Crippen LogP contribution < -0.4 is 0 Å². The molecular weight excluding hydrogens is 325 g/mol. The Morgan fingerprint density at radius 2 is 2.08 bits per heavy atom. The van der Waals surface area contributed by atoms with Crippen molar-refractivity contribution in [1.29, 1.82) is 0 Å². The Labute approximate surface area is 146 Å². The van der Waals surface area contributed by atoms with E-state index in [1.807, 2.05) is 11.0 Å². The summed E-state index contributed by atoms with van der Waals surface area (Å²) >= 11 is 0. The van der Waals surface area contributed by atoms with E-state index in [4.69, 9.17) is 9.47 Å². The maximum absolute atomic E-state index is 14.3. The Morgan fingerprint density at radius 1 is 1.32 bits per heavy atom. The second-order valence-corrected chi connectivity index (χ2v) is 6.05. The van der Waals surface area contributed by atoms with Crippen molar-refractivity contribution in [2.24, 2.45) is 0 Å². The van der Waals surface area contributed by atoms with Crippen molar-refractivity contribution in [3.8, 4) is 0 Å². The van der Waals surface area contributed by atoms with Gasteiger partial charge in [0.15, 0.2) is 0 Å². The minimum absolute atomic E-state index is 0.334. The van der Waals surface area contributed by atoms with Gasteiger partial charge in [-0.1, -0.05) is 18.2 Å². The van der Waals surface area contributed by atoms with Gasteiger partial charge in [0.1, 0.15) is 18.0 Å². The minimum atomic E-state index is -0.773. The number of carbonyl (C=O) groups is 1. The SMILES string of the molecule is C[C@H](Cn1cccn1)OC(=O)[C@H](c1ccccc1F)N1CCOCC1. The number of halogens is 1. The van der Waals surface area contributed by atoms with Crippen LogP contribution in [0.3, 0.4) is 0 Å². The molecule has 134 valence electrons. The first-order valence-electron chi connectivity index (χ1n) is 8.39. The largest absolute Gasteiger partial charge is 0.459 e. The molecule has 1 aromatic heterocycles. The zero-order chi connectivity index (χ0) is 17.6. The van der Waals surface area contributed by atoms with Gasteiger partial charge >= 0.3 is 5.97 Å². The normalized spacial score (nSPS) is 17.8. The highest BCUT2D eigenvalue weighted by Crippen LogP contribution is 2.26. The van der Waals surface area contributed by atoms with E-state index < -0.39 is 17.8 Å². The van der Waals surface area contributed by atoms with Crippen molar-refractivity contribution in [1.82, 2.24) is 14.7 Å². The molecule has 0 saturated carbocycles. The first-order valence-corrected chi connectivity index (χ1v) is 8.39. The summed E-state index contributed by atoms with van der Waals surface area (Å²) < 4.78 is 27.0. The van der Waals surface area contributed by atoms with Crippen LogP contribution in [0.5, 0.6) is 0 Å². The van der Waals surface area contributed by atoms with Gasteiger partial charge in [0.2, 0.25) is 0 Å². The van der Waals surface area contributed by atoms with Crippen LogP contribution in [0.2, 0.25) is 0 Å². The number of aromatic nitrogens is 2. The predicted molar refractivity (Wildman–Crippen MR) is 89.3 cm³/mol. The number of nitrogens with zero attached hydrogens (tertiary/aromatic N) is 3. The molecule has 1 aromatic carbocycles. The minimum Gasteiger partial charge on any atom is -0.459 e. The topological polar surface area (TPSA) is 56.6 Å². The van der Waals surface area contributed by atoms with Crippen molar-refractivity contribution in [2.45, 2.75) is 25.6 Å². The highest BCUT2D eigenvalue weighted by atomic mass is 19.1. The van der Waals surface area contributed by atoms with Crippen LogP contribution in [0.25, 0.3) is 0 Å². The van der Waals surface area contributed by atoms with Crippen LogP contribution in [0.1, 0.15) is 18.5 Å². The van der Waals surface area contributed by atoms with Crippen LogP contribution in [-0.2, 0) is 20.8 Å². The highest BCUT2D eigenvalue weighted by Gasteiger charge is 2.33. The van der Waals surface area contributed by atoms with E-state index in [1.54, 1.807) is 42.2 Å². The number of esters is 1. The van der Waals surface area contributed by atoms with E-state index >= 15 is 0 Å². The lowest BCUT2D eigenvalue weighted by molar-refractivity contribution is -0.157. The Morgan fingerprint density at radius 3 is 2.76 bits per heavy atom. The fourth-order valence-electron chi connectivity index (χ4n) is 2.98. The van der Waals surface area contributed by atoms with Crippen molar-refractivity contribution in [3.05, 3.63) is 54.1 Å². The van der Waals surface area contributed by atoms with Crippen molar-refractivity contribution in [2.75, 3.05) is 26.3 Å². The van der Waals surface area contributed by atoms with E-state index in [1.165, 1.54) is 6.07 Å². The number of hydrogen-bond acceptors (Lipinski definition) is 5. The molecule has 7 heteroatoms. The molecule has 25 heavy (non-hydrogen) atoms. The van der Waals surface area contributed by atoms with E-state index in [0.717, 1.165) is 0 Å². The van der Waals surface area contributed by atoms with Gasteiger partial charge in [-0.3, -0.25) is 9.58 Å². The first kappa shape index (κ1) is 17.6. The molecule has 0 amide bonds. The Balaban J connectivity index is 1.76. The van der Waals surface area contributed by atoms with E-state index in [0.29, 0.717) is 38.4 Å². The number of carbonyl (C=O) groups excluding carboxylic acids is 1. The Kier molecular flexibility index (Phi) is 5.78. The summed E-state index contributed by atoms with van der Waals surface area (Å²) in [5, 5.41) is 4.11. The quantitative estimate of drug-likeness (QED) is 0.749. The molecule has 0 unspecified atom stereocenters. The van der Waals surface area contributed by atoms with Gasteiger partial charge in [-0.25, -0.2) is 9.18 Å². The molecule has 0 radical (unpaired) electrons. The molecule has 0 N–H and O–H groups in total. The van der Waals surface area contributed by atoms with Gasteiger partial charge in [-0.2, -0.15) is 5.10 Å². The standard InChI is InChI=1S/C18H22FN3O3/c1-14(13-22-8-4-7-20-22)25-18(23)17(21-9-11-24-12-10-21)15-5-2-3-6-16(15)19/h2-8,14,17H,9-13H2,1H3/t14-,17+/m1/s1. The number of rotatable bonds is 6. The van der Waals surface area contributed by atoms with Gasteiger partial charge in [-0.05, 0) is 19.1 Å². The lowest BCUT2D eigenvalue weighted by atomic mass is 10.0. The zero-order valence-corrected chi connectivity index (χ0v) is 14.2. The number of hydrogen-bond donors (Lipinski definition) is 0. The maximum Gasteiger partial charge on any atom is 0.328 e. The van der Waals surface area contributed by atoms with Crippen LogP contribution in [0.4, 0.5) is 4.39 Å².